The molecule has 3 nitrogen and oxygen atoms in total. The molecule has 1 fully saturated rings. The molecule has 5 heteroatoms. The Morgan fingerprint density at radius 1 is 1.53 bits per heavy atom. The number of nitrogens with zero attached hydrogens (tertiary/aromatic N) is 1. The van der Waals surface area contributed by atoms with Gasteiger partial charge in [-0.15, -0.1) is 23.2 Å². The van der Waals surface area contributed by atoms with Crippen LogP contribution in [-0.2, 0) is 4.79 Å². The summed E-state index contributed by atoms with van der Waals surface area (Å²) in [5.74, 6) is 0.325. The van der Waals surface area contributed by atoms with Crippen LogP contribution in [0.1, 0.15) is 13.3 Å². The normalized spacial score (nSPS) is 27.1. The van der Waals surface area contributed by atoms with E-state index in [-0.39, 0.29) is 5.91 Å². The van der Waals surface area contributed by atoms with Gasteiger partial charge in [0.1, 0.15) is 10.2 Å². The molecule has 2 rings (SSSR count). The molecule has 1 aliphatic rings. The molecule has 1 aromatic heterocycles. The van der Waals surface area contributed by atoms with Gasteiger partial charge in [0.25, 0.3) is 0 Å². The van der Waals surface area contributed by atoms with Crippen LogP contribution in [0.2, 0.25) is 0 Å². The van der Waals surface area contributed by atoms with Crippen molar-refractivity contribution >= 4 is 34.9 Å². The fourth-order valence-corrected chi connectivity index (χ4v) is 2.04. The van der Waals surface area contributed by atoms with Crippen molar-refractivity contribution < 1.29 is 4.79 Å². The second-order valence-electron chi connectivity index (χ2n) is 3.88. The van der Waals surface area contributed by atoms with Crippen LogP contribution in [-0.4, -0.2) is 15.2 Å². The first-order valence-corrected chi connectivity index (χ1v) is 5.32. The minimum absolute atomic E-state index is 0.189. The van der Waals surface area contributed by atoms with E-state index in [0.717, 1.165) is 0 Å². The summed E-state index contributed by atoms with van der Waals surface area (Å²) in [6.45, 7) is 1.74. The molecule has 1 heterocycles. The maximum absolute atomic E-state index is 11.8. The molecule has 1 aliphatic carbocycles. The van der Waals surface area contributed by atoms with Crippen LogP contribution in [0.15, 0.2) is 24.4 Å². The summed E-state index contributed by atoms with van der Waals surface area (Å²) in [5, 5.41) is 2.68. The lowest BCUT2D eigenvalue weighted by Gasteiger charge is -2.11. The van der Waals surface area contributed by atoms with Crippen LogP contribution < -0.4 is 5.32 Å². The lowest BCUT2D eigenvalue weighted by molar-refractivity contribution is -0.120. The van der Waals surface area contributed by atoms with Crippen molar-refractivity contribution in [2.75, 3.05) is 5.32 Å². The predicted octanol–water partition coefficient (Wildman–Crippen LogP) is 2.60. The second kappa shape index (κ2) is 3.35. The van der Waals surface area contributed by atoms with Gasteiger partial charge in [-0.1, -0.05) is 6.07 Å². The van der Waals surface area contributed by atoms with E-state index in [1.54, 1.807) is 31.3 Å². The molecule has 1 atom stereocenters. The highest BCUT2D eigenvalue weighted by Gasteiger charge is 2.67. The molecule has 80 valence electrons. The van der Waals surface area contributed by atoms with E-state index in [4.69, 9.17) is 23.2 Å². The number of alkyl halides is 2. The summed E-state index contributed by atoms with van der Waals surface area (Å²) in [6, 6.07) is 5.29. The number of carbonyl (C=O) groups is 1. The average Bonchev–Trinajstić information content (AvgIpc) is 2.69. The van der Waals surface area contributed by atoms with Gasteiger partial charge >= 0.3 is 0 Å². The quantitative estimate of drug-likeness (QED) is 0.813. The highest BCUT2D eigenvalue weighted by atomic mass is 35.5. The Bertz CT molecular complexity index is 394. The zero-order valence-corrected chi connectivity index (χ0v) is 9.64. The topological polar surface area (TPSA) is 42.0 Å². The molecule has 1 aromatic rings. The number of carbonyl (C=O) groups excluding carboxylic acids is 1. The van der Waals surface area contributed by atoms with Gasteiger partial charge in [0.05, 0.1) is 5.41 Å². The van der Waals surface area contributed by atoms with Gasteiger partial charge in [0.2, 0.25) is 5.91 Å². The van der Waals surface area contributed by atoms with Crippen molar-refractivity contribution in [1.82, 2.24) is 4.98 Å². The van der Waals surface area contributed by atoms with Crippen LogP contribution in [0.25, 0.3) is 0 Å². The number of anilines is 1. The SMILES string of the molecule is CC1(C(=O)Nc2ccccn2)CC1(Cl)Cl. The van der Waals surface area contributed by atoms with Crippen LogP contribution in [0, 0.1) is 5.41 Å². The number of hydrogen-bond acceptors (Lipinski definition) is 2. The Kier molecular flexibility index (Phi) is 2.40. The van der Waals surface area contributed by atoms with Crippen molar-refractivity contribution in [1.29, 1.82) is 0 Å². The van der Waals surface area contributed by atoms with Crippen molar-refractivity contribution in [3.8, 4) is 0 Å². The molecule has 0 bridgehead atoms. The van der Waals surface area contributed by atoms with E-state index >= 15 is 0 Å². The Hall–Kier alpha value is -0.800. The van der Waals surface area contributed by atoms with E-state index in [1.807, 2.05) is 0 Å². The number of halogens is 2. The molecule has 15 heavy (non-hydrogen) atoms. The minimum Gasteiger partial charge on any atom is -0.310 e. The molecule has 0 aliphatic heterocycles. The monoisotopic (exact) mass is 244 g/mol. The number of rotatable bonds is 2. The van der Waals surface area contributed by atoms with Crippen LogP contribution in [0.3, 0.4) is 0 Å². The molecule has 1 amide bonds. The van der Waals surface area contributed by atoms with Crippen LogP contribution in [0.4, 0.5) is 5.82 Å². The molecule has 0 radical (unpaired) electrons. The third-order valence-electron chi connectivity index (χ3n) is 2.67. The molecule has 1 unspecified atom stereocenters. The maximum atomic E-state index is 11.8. The molecular formula is C10H10Cl2N2O. The van der Waals surface area contributed by atoms with E-state index in [0.29, 0.717) is 12.2 Å². The number of aromatic nitrogens is 1. The van der Waals surface area contributed by atoms with E-state index in [1.165, 1.54) is 0 Å². The largest absolute Gasteiger partial charge is 0.310 e. The van der Waals surface area contributed by atoms with Crippen LogP contribution >= 0.6 is 23.2 Å². The number of nitrogens with one attached hydrogen (secondary N) is 1. The lowest BCUT2D eigenvalue weighted by Crippen LogP contribution is -2.26. The summed E-state index contributed by atoms with van der Waals surface area (Å²) in [7, 11) is 0. The highest BCUT2D eigenvalue weighted by Crippen LogP contribution is 2.64. The Morgan fingerprint density at radius 2 is 2.20 bits per heavy atom. The van der Waals surface area contributed by atoms with Gasteiger partial charge in [0.15, 0.2) is 0 Å². The fourth-order valence-electron chi connectivity index (χ4n) is 1.34. The third-order valence-corrected chi connectivity index (χ3v) is 3.77. The van der Waals surface area contributed by atoms with Crippen molar-refractivity contribution in [2.24, 2.45) is 5.41 Å². The average molecular weight is 245 g/mol. The molecule has 0 saturated heterocycles. The number of amides is 1. The molecule has 0 aromatic carbocycles. The summed E-state index contributed by atoms with van der Waals surface area (Å²) in [6.07, 6.45) is 2.08. The van der Waals surface area contributed by atoms with E-state index in [2.05, 4.69) is 10.3 Å². The van der Waals surface area contributed by atoms with Gasteiger partial charge < -0.3 is 5.32 Å². The Morgan fingerprint density at radius 3 is 2.67 bits per heavy atom. The summed E-state index contributed by atoms with van der Waals surface area (Å²) in [5.41, 5.74) is -0.701. The maximum Gasteiger partial charge on any atom is 0.234 e. The van der Waals surface area contributed by atoms with E-state index < -0.39 is 9.75 Å². The van der Waals surface area contributed by atoms with E-state index in [9.17, 15) is 4.79 Å². The minimum atomic E-state index is -0.939. The summed E-state index contributed by atoms with van der Waals surface area (Å²) in [4.78, 5) is 15.8. The first kappa shape index (κ1) is 10.7. The predicted molar refractivity (Wildman–Crippen MR) is 60.0 cm³/mol. The van der Waals surface area contributed by atoms with Gasteiger partial charge in [-0.25, -0.2) is 4.98 Å². The van der Waals surface area contributed by atoms with Gasteiger partial charge in [-0.05, 0) is 25.5 Å². The molecular weight excluding hydrogens is 235 g/mol. The second-order valence-corrected chi connectivity index (χ2v) is 5.37. The number of hydrogen-bond donors (Lipinski definition) is 1. The highest BCUT2D eigenvalue weighted by molar-refractivity contribution is 6.53. The van der Waals surface area contributed by atoms with Crippen molar-refractivity contribution in [3.63, 3.8) is 0 Å². The number of pyridine rings is 1. The van der Waals surface area contributed by atoms with Crippen LogP contribution in [0.5, 0.6) is 0 Å². The smallest absolute Gasteiger partial charge is 0.234 e. The third kappa shape index (κ3) is 1.82. The van der Waals surface area contributed by atoms with Gasteiger partial charge in [0, 0.05) is 6.20 Å². The lowest BCUT2D eigenvalue weighted by atomic mass is 10.1. The first-order chi connectivity index (χ1) is 6.96. The van der Waals surface area contributed by atoms with Crippen molar-refractivity contribution in [2.45, 2.75) is 17.7 Å². The molecule has 1 saturated carbocycles. The standard InChI is InChI=1S/C10H10Cl2N2O/c1-9(6-10(9,11)12)8(15)14-7-4-2-3-5-13-7/h2-5H,6H2,1H3,(H,13,14,15). The fraction of sp³-hybridized carbons (Fsp3) is 0.400. The Balaban J connectivity index is 2.07. The Labute approximate surface area is 97.8 Å². The summed E-state index contributed by atoms with van der Waals surface area (Å²) >= 11 is 11.8. The van der Waals surface area contributed by atoms with Gasteiger partial charge in [-0.3, -0.25) is 4.79 Å². The van der Waals surface area contributed by atoms with Gasteiger partial charge in [-0.2, -0.15) is 0 Å². The summed E-state index contributed by atoms with van der Waals surface area (Å²) < 4.78 is -0.939. The molecule has 0 spiro atoms. The molecule has 1 N–H and O–H groups in total. The first-order valence-electron chi connectivity index (χ1n) is 4.56. The zero-order valence-electron chi connectivity index (χ0n) is 8.13. The zero-order chi connectivity index (χ0) is 11.1. The van der Waals surface area contributed by atoms with Crippen molar-refractivity contribution in [3.05, 3.63) is 24.4 Å².